The summed E-state index contributed by atoms with van der Waals surface area (Å²) < 4.78 is 5.41. The number of carbonyl (C=O) groups is 1. The summed E-state index contributed by atoms with van der Waals surface area (Å²) in [6, 6.07) is 5.63. The van der Waals surface area contributed by atoms with Crippen LogP contribution in [-0.4, -0.2) is 30.6 Å². The van der Waals surface area contributed by atoms with E-state index in [2.05, 4.69) is 22.5 Å². The number of amides is 1. The van der Waals surface area contributed by atoms with Crippen molar-refractivity contribution in [3.05, 3.63) is 41.9 Å². The molecule has 0 aromatic carbocycles. The molecule has 6 heteroatoms. The number of nitriles is 1. The Kier molecular flexibility index (Phi) is 9.88. The van der Waals surface area contributed by atoms with Gasteiger partial charge >= 0.3 is 0 Å². The third-order valence-corrected chi connectivity index (χ3v) is 3.06. The maximum Gasteiger partial charge on any atom is 0.263 e. The summed E-state index contributed by atoms with van der Waals surface area (Å²) in [7, 11) is 0. The first-order valence-corrected chi connectivity index (χ1v) is 7.86. The SMILES string of the molecule is CCCCOCCCNC(=O)/C(C#N)=C\NCc1ccncc1. The number of pyridine rings is 1. The Hall–Kier alpha value is -2.39. The second kappa shape index (κ2) is 12.2. The van der Waals surface area contributed by atoms with Crippen LogP contribution in [-0.2, 0) is 16.1 Å². The lowest BCUT2D eigenvalue weighted by Crippen LogP contribution is -2.27. The molecule has 1 rings (SSSR count). The molecular weight excluding hydrogens is 292 g/mol. The first kappa shape index (κ1) is 18.7. The van der Waals surface area contributed by atoms with Gasteiger partial charge in [0, 0.05) is 44.9 Å². The molecule has 1 aromatic rings. The largest absolute Gasteiger partial charge is 0.386 e. The molecular formula is C17H24N4O2. The quantitative estimate of drug-likeness (QED) is 0.370. The van der Waals surface area contributed by atoms with E-state index < -0.39 is 0 Å². The predicted octanol–water partition coefficient (Wildman–Crippen LogP) is 1.90. The molecule has 0 saturated heterocycles. The van der Waals surface area contributed by atoms with Crippen LogP contribution in [0.5, 0.6) is 0 Å². The second-order valence-electron chi connectivity index (χ2n) is 4.98. The maximum atomic E-state index is 11.9. The molecule has 0 fully saturated rings. The van der Waals surface area contributed by atoms with E-state index in [0.717, 1.165) is 31.4 Å². The summed E-state index contributed by atoms with van der Waals surface area (Å²) in [5, 5.41) is 14.7. The molecule has 1 aromatic heterocycles. The Morgan fingerprint density at radius 3 is 2.78 bits per heavy atom. The van der Waals surface area contributed by atoms with Crippen LogP contribution in [0.2, 0.25) is 0 Å². The smallest absolute Gasteiger partial charge is 0.263 e. The van der Waals surface area contributed by atoms with E-state index in [1.807, 2.05) is 18.2 Å². The minimum Gasteiger partial charge on any atom is -0.386 e. The minimum atomic E-state index is -0.372. The van der Waals surface area contributed by atoms with Crippen LogP contribution < -0.4 is 10.6 Å². The van der Waals surface area contributed by atoms with Gasteiger partial charge in [-0.25, -0.2) is 0 Å². The Balaban J connectivity index is 2.23. The monoisotopic (exact) mass is 316 g/mol. The second-order valence-corrected chi connectivity index (χ2v) is 4.98. The van der Waals surface area contributed by atoms with Crippen molar-refractivity contribution in [2.75, 3.05) is 19.8 Å². The Morgan fingerprint density at radius 2 is 2.09 bits per heavy atom. The number of unbranched alkanes of at least 4 members (excludes halogenated alkanes) is 1. The maximum absolute atomic E-state index is 11.9. The Morgan fingerprint density at radius 1 is 1.35 bits per heavy atom. The normalized spacial score (nSPS) is 10.9. The topological polar surface area (TPSA) is 87.0 Å². The van der Waals surface area contributed by atoms with Crippen molar-refractivity contribution in [1.82, 2.24) is 15.6 Å². The van der Waals surface area contributed by atoms with Gasteiger partial charge < -0.3 is 15.4 Å². The van der Waals surface area contributed by atoms with Gasteiger partial charge in [0.25, 0.3) is 5.91 Å². The summed E-state index contributed by atoms with van der Waals surface area (Å²) in [5.74, 6) is -0.372. The Bertz CT molecular complexity index is 523. The van der Waals surface area contributed by atoms with Crippen LogP contribution >= 0.6 is 0 Å². The van der Waals surface area contributed by atoms with Gasteiger partial charge in [-0.05, 0) is 30.5 Å². The number of ether oxygens (including phenoxy) is 1. The molecule has 0 bridgehead atoms. The van der Waals surface area contributed by atoms with E-state index >= 15 is 0 Å². The molecule has 6 nitrogen and oxygen atoms in total. The van der Waals surface area contributed by atoms with E-state index in [4.69, 9.17) is 10.00 Å². The lowest BCUT2D eigenvalue weighted by Gasteiger charge is -2.06. The fourth-order valence-electron chi connectivity index (χ4n) is 1.74. The number of nitrogens with zero attached hydrogens (tertiary/aromatic N) is 2. The molecule has 0 atom stereocenters. The molecule has 0 spiro atoms. The van der Waals surface area contributed by atoms with Gasteiger partial charge in [-0.3, -0.25) is 9.78 Å². The molecule has 1 amide bonds. The van der Waals surface area contributed by atoms with Crippen LogP contribution in [0.25, 0.3) is 0 Å². The van der Waals surface area contributed by atoms with Crippen molar-refractivity contribution in [2.24, 2.45) is 0 Å². The number of aromatic nitrogens is 1. The summed E-state index contributed by atoms with van der Waals surface area (Å²) in [6.07, 6.45) is 7.73. The van der Waals surface area contributed by atoms with Crippen molar-refractivity contribution in [3.8, 4) is 6.07 Å². The number of nitrogens with one attached hydrogen (secondary N) is 2. The highest BCUT2D eigenvalue weighted by Gasteiger charge is 2.07. The zero-order valence-corrected chi connectivity index (χ0v) is 13.5. The van der Waals surface area contributed by atoms with E-state index in [-0.39, 0.29) is 11.5 Å². The third kappa shape index (κ3) is 8.59. The van der Waals surface area contributed by atoms with Crippen LogP contribution in [0.1, 0.15) is 31.7 Å². The summed E-state index contributed by atoms with van der Waals surface area (Å²) in [6.45, 7) is 4.52. The van der Waals surface area contributed by atoms with E-state index in [1.54, 1.807) is 12.4 Å². The van der Waals surface area contributed by atoms with Crippen LogP contribution in [0.3, 0.4) is 0 Å². The van der Waals surface area contributed by atoms with E-state index in [9.17, 15) is 4.79 Å². The zero-order chi connectivity index (χ0) is 16.8. The van der Waals surface area contributed by atoms with Crippen molar-refractivity contribution < 1.29 is 9.53 Å². The summed E-state index contributed by atoms with van der Waals surface area (Å²) >= 11 is 0. The number of hydrogen-bond acceptors (Lipinski definition) is 5. The predicted molar refractivity (Wildman–Crippen MR) is 88.1 cm³/mol. The van der Waals surface area contributed by atoms with Crippen molar-refractivity contribution in [2.45, 2.75) is 32.7 Å². The van der Waals surface area contributed by atoms with Crippen LogP contribution in [0.4, 0.5) is 0 Å². The molecule has 0 aliphatic carbocycles. The Labute approximate surface area is 137 Å². The highest BCUT2D eigenvalue weighted by atomic mass is 16.5. The van der Waals surface area contributed by atoms with Gasteiger partial charge in [0.2, 0.25) is 0 Å². The zero-order valence-electron chi connectivity index (χ0n) is 13.5. The highest BCUT2D eigenvalue weighted by Crippen LogP contribution is 1.97. The van der Waals surface area contributed by atoms with Crippen molar-refractivity contribution in [3.63, 3.8) is 0 Å². The molecule has 0 aliphatic rings. The summed E-state index contributed by atoms with van der Waals surface area (Å²) in [5.41, 5.74) is 1.09. The van der Waals surface area contributed by atoms with Gasteiger partial charge in [-0.15, -0.1) is 0 Å². The van der Waals surface area contributed by atoms with Crippen LogP contribution in [0, 0.1) is 11.3 Å². The van der Waals surface area contributed by atoms with Gasteiger partial charge in [0.15, 0.2) is 0 Å². The average Bonchev–Trinajstić information content (AvgIpc) is 2.58. The van der Waals surface area contributed by atoms with Crippen molar-refractivity contribution in [1.29, 1.82) is 5.26 Å². The number of hydrogen-bond donors (Lipinski definition) is 2. The standard InChI is InChI=1S/C17H24N4O2/c1-2-3-10-23-11-4-7-21-17(22)16(12-18)14-20-13-15-5-8-19-9-6-15/h5-6,8-9,14,20H,2-4,7,10-11,13H2,1H3,(H,21,22)/b16-14-. The highest BCUT2D eigenvalue weighted by molar-refractivity contribution is 5.97. The minimum absolute atomic E-state index is 0.0611. The molecule has 0 aliphatic heterocycles. The molecule has 0 saturated carbocycles. The molecule has 1 heterocycles. The van der Waals surface area contributed by atoms with Gasteiger partial charge in [0.05, 0.1) is 0 Å². The first-order valence-electron chi connectivity index (χ1n) is 7.86. The third-order valence-electron chi connectivity index (χ3n) is 3.06. The lowest BCUT2D eigenvalue weighted by molar-refractivity contribution is -0.117. The van der Waals surface area contributed by atoms with E-state index in [1.165, 1.54) is 6.20 Å². The summed E-state index contributed by atoms with van der Waals surface area (Å²) in [4.78, 5) is 15.8. The molecule has 124 valence electrons. The van der Waals surface area contributed by atoms with E-state index in [0.29, 0.717) is 19.7 Å². The van der Waals surface area contributed by atoms with Gasteiger partial charge in [-0.2, -0.15) is 5.26 Å². The molecule has 0 unspecified atom stereocenters. The lowest BCUT2D eigenvalue weighted by atomic mass is 10.2. The van der Waals surface area contributed by atoms with Crippen molar-refractivity contribution >= 4 is 5.91 Å². The molecule has 23 heavy (non-hydrogen) atoms. The molecule has 2 N–H and O–H groups in total. The van der Waals surface area contributed by atoms with Gasteiger partial charge in [-0.1, -0.05) is 13.3 Å². The van der Waals surface area contributed by atoms with Gasteiger partial charge in [0.1, 0.15) is 11.6 Å². The fourth-order valence-corrected chi connectivity index (χ4v) is 1.74. The molecule has 0 radical (unpaired) electrons. The van der Waals surface area contributed by atoms with Crippen LogP contribution in [0.15, 0.2) is 36.3 Å². The average molecular weight is 316 g/mol. The number of rotatable bonds is 11. The first-order chi connectivity index (χ1) is 11.3. The fraction of sp³-hybridized carbons (Fsp3) is 0.471. The number of carbonyl (C=O) groups excluding carboxylic acids is 1.